The van der Waals surface area contributed by atoms with Gasteiger partial charge in [0.15, 0.2) is 0 Å². The molecule has 4 nitrogen and oxygen atoms in total. The number of amides is 2. The molecule has 0 spiro atoms. The molecule has 1 saturated carbocycles. The van der Waals surface area contributed by atoms with Crippen LogP contribution in [0.2, 0.25) is 0 Å². The summed E-state index contributed by atoms with van der Waals surface area (Å²) in [5.41, 5.74) is 1.12. The molecule has 2 aliphatic rings. The highest BCUT2D eigenvalue weighted by Gasteiger charge is 2.37. The molecule has 1 heterocycles. The first kappa shape index (κ1) is 14.0. The van der Waals surface area contributed by atoms with E-state index < -0.39 is 11.7 Å². The Morgan fingerprint density at radius 2 is 2.14 bits per heavy atom. The summed E-state index contributed by atoms with van der Waals surface area (Å²) in [4.78, 5) is 26.2. The number of fused-ring (bicyclic) bond motifs is 1. The maximum absolute atomic E-state index is 13.3. The van der Waals surface area contributed by atoms with E-state index in [9.17, 15) is 14.0 Å². The van der Waals surface area contributed by atoms with E-state index in [-0.39, 0.29) is 24.3 Å². The zero-order valence-electron chi connectivity index (χ0n) is 12.2. The van der Waals surface area contributed by atoms with Gasteiger partial charge in [0.05, 0.1) is 5.92 Å². The molecule has 2 amide bonds. The van der Waals surface area contributed by atoms with E-state index in [1.54, 1.807) is 18.0 Å². The molecule has 1 fully saturated rings. The molecule has 3 rings (SSSR count). The number of benzene rings is 1. The maximum Gasteiger partial charge on any atom is 0.230 e. The van der Waals surface area contributed by atoms with Gasteiger partial charge < -0.3 is 10.2 Å². The Morgan fingerprint density at radius 3 is 2.81 bits per heavy atom. The summed E-state index contributed by atoms with van der Waals surface area (Å²) in [5, 5.41) is 2.64. The molecule has 0 unspecified atom stereocenters. The first-order valence-electron chi connectivity index (χ1n) is 7.33. The first-order valence-corrected chi connectivity index (χ1v) is 7.33. The molecule has 1 aromatic carbocycles. The highest BCUT2D eigenvalue weighted by Crippen LogP contribution is 2.38. The molecule has 1 N–H and O–H groups in total. The van der Waals surface area contributed by atoms with Crippen LogP contribution in [0.3, 0.4) is 0 Å². The van der Waals surface area contributed by atoms with Gasteiger partial charge in [-0.15, -0.1) is 0 Å². The van der Waals surface area contributed by atoms with Gasteiger partial charge in [-0.2, -0.15) is 0 Å². The Kier molecular flexibility index (Phi) is 3.43. The van der Waals surface area contributed by atoms with E-state index in [4.69, 9.17) is 0 Å². The van der Waals surface area contributed by atoms with Crippen LogP contribution >= 0.6 is 0 Å². The normalized spacial score (nSPS) is 22.2. The summed E-state index contributed by atoms with van der Waals surface area (Å²) >= 11 is 0. The molecule has 21 heavy (non-hydrogen) atoms. The van der Waals surface area contributed by atoms with Crippen LogP contribution in [0.4, 0.5) is 10.1 Å². The van der Waals surface area contributed by atoms with Gasteiger partial charge in [0.1, 0.15) is 5.82 Å². The average Bonchev–Trinajstić information content (AvgIpc) is 3.28. The van der Waals surface area contributed by atoms with Gasteiger partial charge in [0, 0.05) is 25.2 Å². The van der Waals surface area contributed by atoms with Gasteiger partial charge in [0.25, 0.3) is 0 Å². The van der Waals surface area contributed by atoms with Gasteiger partial charge >= 0.3 is 0 Å². The largest absolute Gasteiger partial charge is 0.342 e. The molecule has 1 aliphatic heterocycles. The number of halogens is 1. The van der Waals surface area contributed by atoms with E-state index in [1.807, 2.05) is 6.92 Å². The molecule has 1 aromatic rings. The van der Waals surface area contributed by atoms with Crippen LogP contribution in [-0.4, -0.2) is 29.8 Å². The highest BCUT2D eigenvalue weighted by atomic mass is 19.1. The van der Waals surface area contributed by atoms with Gasteiger partial charge in [-0.05, 0) is 43.4 Å². The lowest BCUT2D eigenvalue weighted by Gasteiger charge is -2.32. The number of carbonyl (C=O) groups excluding carboxylic acids is 2. The number of rotatable bonds is 3. The van der Waals surface area contributed by atoms with Crippen LogP contribution in [0, 0.1) is 11.7 Å². The van der Waals surface area contributed by atoms with Crippen molar-refractivity contribution in [2.45, 2.75) is 38.1 Å². The zero-order valence-corrected chi connectivity index (χ0v) is 12.2. The van der Waals surface area contributed by atoms with Crippen LogP contribution in [-0.2, 0) is 9.59 Å². The summed E-state index contributed by atoms with van der Waals surface area (Å²) in [6.07, 6.45) is 2.44. The summed E-state index contributed by atoms with van der Waals surface area (Å²) in [6.45, 7) is 2.05. The third-order valence-electron chi connectivity index (χ3n) is 4.62. The zero-order chi connectivity index (χ0) is 15.1. The Morgan fingerprint density at radius 1 is 1.43 bits per heavy atom. The summed E-state index contributed by atoms with van der Waals surface area (Å²) < 4.78 is 13.3. The molecular formula is C16H19FN2O2. The van der Waals surface area contributed by atoms with Gasteiger partial charge in [-0.3, -0.25) is 9.59 Å². The van der Waals surface area contributed by atoms with Crippen molar-refractivity contribution in [3.05, 3.63) is 29.6 Å². The van der Waals surface area contributed by atoms with Crippen molar-refractivity contribution in [1.29, 1.82) is 0 Å². The smallest absolute Gasteiger partial charge is 0.230 e. The molecule has 0 radical (unpaired) electrons. The molecule has 2 atom stereocenters. The van der Waals surface area contributed by atoms with Crippen molar-refractivity contribution < 1.29 is 14.0 Å². The number of nitrogens with zero attached hydrogens (tertiary/aromatic N) is 1. The molecule has 0 bridgehead atoms. The topological polar surface area (TPSA) is 49.4 Å². The fourth-order valence-corrected chi connectivity index (χ4v) is 3.00. The number of carbonyl (C=O) groups is 2. The molecule has 112 valence electrons. The number of nitrogens with one attached hydrogen (secondary N) is 1. The molecule has 1 aliphatic carbocycles. The Bertz CT molecular complexity index is 598. The van der Waals surface area contributed by atoms with E-state index in [2.05, 4.69) is 5.32 Å². The van der Waals surface area contributed by atoms with Crippen LogP contribution in [0.25, 0.3) is 0 Å². The minimum Gasteiger partial charge on any atom is -0.342 e. The molecular weight excluding hydrogens is 271 g/mol. The van der Waals surface area contributed by atoms with Crippen molar-refractivity contribution in [1.82, 2.24) is 4.90 Å². The van der Waals surface area contributed by atoms with Crippen LogP contribution in [0.15, 0.2) is 18.2 Å². The third-order valence-corrected chi connectivity index (χ3v) is 4.62. The van der Waals surface area contributed by atoms with Crippen molar-refractivity contribution in [3.63, 3.8) is 0 Å². The summed E-state index contributed by atoms with van der Waals surface area (Å²) in [6, 6.07) is 4.40. The van der Waals surface area contributed by atoms with Crippen LogP contribution in [0.5, 0.6) is 0 Å². The van der Waals surface area contributed by atoms with Crippen LogP contribution < -0.4 is 5.32 Å². The van der Waals surface area contributed by atoms with Crippen molar-refractivity contribution in [3.8, 4) is 0 Å². The SMILES string of the molecule is C[C@H](C1CC1)N(C)C(=O)[C@H]1CC(=O)Nc2cc(F)ccc21. The number of hydrogen-bond donors (Lipinski definition) is 1. The van der Waals surface area contributed by atoms with E-state index in [0.29, 0.717) is 17.2 Å². The Balaban J connectivity index is 1.88. The van der Waals surface area contributed by atoms with Gasteiger partial charge in [-0.1, -0.05) is 6.07 Å². The molecule has 0 saturated heterocycles. The predicted molar refractivity (Wildman–Crippen MR) is 77.3 cm³/mol. The standard InChI is InChI=1S/C16H19FN2O2/c1-9(10-3-4-10)19(2)16(21)13-8-15(20)18-14-7-11(17)5-6-12(13)14/h5-7,9-10,13H,3-4,8H2,1-2H3,(H,18,20)/t9-,13+/m1/s1. The third kappa shape index (κ3) is 2.64. The number of anilines is 1. The van der Waals surface area contributed by atoms with Gasteiger partial charge in [0.2, 0.25) is 11.8 Å². The van der Waals surface area contributed by atoms with Crippen molar-refractivity contribution in [2.75, 3.05) is 12.4 Å². The summed E-state index contributed by atoms with van der Waals surface area (Å²) in [5.74, 6) is -0.650. The van der Waals surface area contributed by atoms with E-state index in [0.717, 1.165) is 12.8 Å². The average molecular weight is 290 g/mol. The maximum atomic E-state index is 13.3. The monoisotopic (exact) mass is 290 g/mol. The predicted octanol–water partition coefficient (Wildman–Crippen LogP) is 2.51. The quantitative estimate of drug-likeness (QED) is 0.930. The minimum atomic E-state index is -0.513. The summed E-state index contributed by atoms with van der Waals surface area (Å²) in [7, 11) is 1.79. The van der Waals surface area contributed by atoms with Crippen LogP contribution in [0.1, 0.15) is 37.7 Å². The Hall–Kier alpha value is -1.91. The lowest BCUT2D eigenvalue weighted by molar-refractivity contribution is -0.135. The second kappa shape index (κ2) is 5.13. The lowest BCUT2D eigenvalue weighted by atomic mass is 9.89. The Labute approximate surface area is 123 Å². The molecule has 5 heteroatoms. The number of likely N-dealkylation sites (N-methyl/N-ethyl adjacent to an activating group) is 1. The van der Waals surface area contributed by atoms with E-state index in [1.165, 1.54) is 12.1 Å². The van der Waals surface area contributed by atoms with Crippen molar-refractivity contribution in [2.24, 2.45) is 5.92 Å². The second-order valence-corrected chi connectivity index (χ2v) is 6.06. The fourth-order valence-electron chi connectivity index (χ4n) is 3.00. The van der Waals surface area contributed by atoms with Crippen molar-refractivity contribution >= 4 is 17.5 Å². The minimum absolute atomic E-state index is 0.0582. The first-order chi connectivity index (χ1) is 9.97. The fraction of sp³-hybridized carbons (Fsp3) is 0.500. The lowest BCUT2D eigenvalue weighted by Crippen LogP contribution is -2.41. The number of hydrogen-bond acceptors (Lipinski definition) is 2. The van der Waals surface area contributed by atoms with E-state index >= 15 is 0 Å². The molecule has 0 aromatic heterocycles. The highest BCUT2D eigenvalue weighted by molar-refractivity contribution is 6.01. The second-order valence-electron chi connectivity index (χ2n) is 6.06. The van der Waals surface area contributed by atoms with Gasteiger partial charge in [-0.25, -0.2) is 4.39 Å².